The number of aryl methyl sites for hydroxylation is 1. The van der Waals surface area contributed by atoms with Crippen molar-refractivity contribution in [3.8, 4) is 0 Å². The number of aromatic nitrogens is 4. The Bertz CT molecular complexity index is 893. The zero-order valence-corrected chi connectivity index (χ0v) is 13.1. The van der Waals surface area contributed by atoms with Gasteiger partial charge in [-0.05, 0) is 12.5 Å². The van der Waals surface area contributed by atoms with Crippen LogP contribution in [0.3, 0.4) is 0 Å². The van der Waals surface area contributed by atoms with Gasteiger partial charge < -0.3 is 10.2 Å². The summed E-state index contributed by atoms with van der Waals surface area (Å²) in [6, 6.07) is 2.39. The number of benzene rings is 1. The molecule has 0 bridgehead atoms. The summed E-state index contributed by atoms with van der Waals surface area (Å²) in [4.78, 5) is 10.4. The molecule has 3 heterocycles. The van der Waals surface area contributed by atoms with Gasteiger partial charge in [0.25, 0.3) is 0 Å². The fourth-order valence-corrected chi connectivity index (χ4v) is 3.04. The maximum atomic E-state index is 13.6. The number of nitrogens with zero attached hydrogens (tertiary/aromatic N) is 5. The molecule has 1 fully saturated rings. The van der Waals surface area contributed by atoms with E-state index in [0.717, 1.165) is 37.3 Å². The summed E-state index contributed by atoms with van der Waals surface area (Å²) in [5.74, 6) is -1.28. The second kappa shape index (κ2) is 5.70. The van der Waals surface area contributed by atoms with Crippen molar-refractivity contribution in [3.05, 3.63) is 42.5 Å². The lowest BCUT2D eigenvalue weighted by molar-refractivity contribution is 0.510. The zero-order valence-electron chi connectivity index (χ0n) is 13.1. The number of halogens is 2. The summed E-state index contributed by atoms with van der Waals surface area (Å²) >= 11 is 0. The molecule has 1 aliphatic heterocycles. The molecule has 0 unspecified atom stereocenters. The van der Waals surface area contributed by atoms with Crippen LogP contribution < -0.4 is 10.2 Å². The van der Waals surface area contributed by atoms with E-state index >= 15 is 0 Å². The van der Waals surface area contributed by atoms with Gasteiger partial charge in [-0.2, -0.15) is 5.10 Å². The summed E-state index contributed by atoms with van der Waals surface area (Å²) in [6.45, 7) is 1.69. The quantitative estimate of drug-likeness (QED) is 0.799. The summed E-state index contributed by atoms with van der Waals surface area (Å²) in [6.07, 6.45) is 6.08. The van der Waals surface area contributed by atoms with Crippen molar-refractivity contribution in [1.82, 2.24) is 19.7 Å². The lowest BCUT2D eigenvalue weighted by atomic mass is 10.2. The number of hydrogen-bond acceptors (Lipinski definition) is 5. The summed E-state index contributed by atoms with van der Waals surface area (Å²) < 4.78 is 28.7. The normalized spacial score (nSPS) is 17.6. The van der Waals surface area contributed by atoms with Crippen LogP contribution in [0.4, 0.5) is 20.3 Å². The Morgan fingerprint density at radius 3 is 2.83 bits per heavy atom. The van der Waals surface area contributed by atoms with Crippen molar-refractivity contribution in [2.45, 2.75) is 12.5 Å². The van der Waals surface area contributed by atoms with Crippen molar-refractivity contribution in [2.24, 2.45) is 7.05 Å². The first kappa shape index (κ1) is 14.8. The summed E-state index contributed by atoms with van der Waals surface area (Å²) in [5, 5.41) is 8.00. The Hall–Kier alpha value is -2.77. The van der Waals surface area contributed by atoms with Gasteiger partial charge in [0, 0.05) is 43.8 Å². The van der Waals surface area contributed by atoms with Crippen LogP contribution in [-0.4, -0.2) is 38.9 Å². The maximum absolute atomic E-state index is 13.6. The van der Waals surface area contributed by atoms with E-state index in [2.05, 4.69) is 25.3 Å². The van der Waals surface area contributed by atoms with E-state index in [0.29, 0.717) is 16.7 Å². The molecule has 1 atom stereocenters. The van der Waals surface area contributed by atoms with Crippen molar-refractivity contribution < 1.29 is 8.78 Å². The molecule has 1 aliphatic rings. The Labute approximate surface area is 137 Å². The maximum Gasteiger partial charge on any atom is 0.161 e. The third-order valence-corrected chi connectivity index (χ3v) is 4.26. The van der Waals surface area contributed by atoms with Crippen molar-refractivity contribution >= 4 is 22.4 Å². The molecule has 1 N–H and O–H groups in total. The Morgan fingerprint density at radius 1 is 1.21 bits per heavy atom. The Morgan fingerprint density at radius 2 is 2.04 bits per heavy atom. The molecule has 124 valence electrons. The van der Waals surface area contributed by atoms with E-state index in [-0.39, 0.29) is 6.04 Å². The van der Waals surface area contributed by atoms with E-state index in [1.165, 1.54) is 6.33 Å². The molecular formula is C16H16F2N6. The van der Waals surface area contributed by atoms with Crippen LogP contribution >= 0.6 is 0 Å². The number of hydrogen-bond donors (Lipinski definition) is 1. The van der Waals surface area contributed by atoms with E-state index in [1.807, 2.05) is 19.4 Å². The van der Waals surface area contributed by atoms with Gasteiger partial charge in [-0.3, -0.25) is 4.68 Å². The Balaban J connectivity index is 1.56. The monoisotopic (exact) mass is 330 g/mol. The second-order valence-corrected chi connectivity index (χ2v) is 5.95. The van der Waals surface area contributed by atoms with Gasteiger partial charge >= 0.3 is 0 Å². The van der Waals surface area contributed by atoms with Gasteiger partial charge in [0.1, 0.15) is 12.1 Å². The lowest BCUT2D eigenvalue weighted by Crippen LogP contribution is -2.26. The molecule has 1 saturated heterocycles. The minimum absolute atomic E-state index is 0.163. The zero-order chi connectivity index (χ0) is 16.7. The third-order valence-electron chi connectivity index (χ3n) is 4.26. The molecule has 4 rings (SSSR count). The number of anilines is 2. The molecule has 0 saturated carbocycles. The first-order valence-corrected chi connectivity index (χ1v) is 7.70. The minimum atomic E-state index is -0.907. The van der Waals surface area contributed by atoms with Crippen LogP contribution in [0.5, 0.6) is 0 Å². The van der Waals surface area contributed by atoms with Crippen LogP contribution in [0.1, 0.15) is 6.42 Å². The van der Waals surface area contributed by atoms with Crippen molar-refractivity contribution in [2.75, 3.05) is 23.3 Å². The Kier molecular flexibility index (Phi) is 3.51. The lowest BCUT2D eigenvalue weighted by Gasteiger charge is -2.17. The highest BCUT2D eigenvalue weighted by Crippen LogP contribution is 2.26. The number of fused-ring (bicyclic) bond motifs is 1. The molecule has 0 radical (unpaired) electrons. The highest BCUT2D eigenvalue weighted by atomic mass is 19.2. The molecular weight excluding hydrogens is 314 g/mol. The number of rotatable bonds is 3. The van der Waals surface area contributed by atoms with Crippen molar-refractivity contribution in [1.29, 1.82) is 0 Å². The molecule has 0 amide bonds. The molecule has 1 aromatic carbocycles. The SMILES string of the molecule is Cn1cc(N2CC[C@H](Nc3ncnc4cc(F)c(F)cc34)C2)cn1. The fraction of sp³-hybridized carbons (Fsp3) is 0.312. The molecule has 3 aromatic rings. The predicted octanol–water partition coefficient (Wildman–Crippen LogP) is 2.33. The van der Waals surface area contributed by atoms with Crippen LogP contribution in [-0.2, 0) is 7.05 Å². The van der Waals surface area contributed by atoms with Gasteiger partial charge in [0.05, 0.1) is 17.4 Å². The molecule has 0 aliphatic carbocycles. The fourth-order valence-electron chi connectivity index (χ4n) is 3.04. The van der Waals surface area contributed by atoms with Crippen LogP contribution in [0.15, 0.2) is 30.9 Å². The van der Waals surface area contributed by atoms with Gasteiger partial charge in [0.15, 0.2) is 11.6 Å². The smallest absolute Gasteiger partial charge is 0.161 e. The minimum Gasteiger partial charge on any atom is -0.367 e. The molecule has 8 heteroatoms. The number of nitrogens with one attached hydrogen (secondary N) is 1. The van der Waals surface area contributed by atoms with Crippen molar-refractivity contribution in [3.63, 3.8) is 0 Å². The van der Waals surface area contributed by atoms with Gasteiger partial charge in [-0.25, -0.2) is 18.7 Å². The van der Waals surface area contributed by atoms with Gasteiger partial charge in [-0.1, -0.05) is 0 Å². The van der Waals surface area contributed by atoms with Crippen LogP contribution in [0.2, 0.25) is 0 Å². The van der Waals surface area contributed by atoms with Crippen LogP contribution in [0, 0.1) is 11.6 Å². The molecule has 24 heavy (non-hydrogen) atoms. The van der Waals surface area contributed by atoms with E-state index in [4.69, 9.17) is 0 Å². The van der Waals surface area contributed by atoms with Gasteiger partial charge in [-0.15, -0.1) is 0 Å². The van der Waals surface area contributed by atoms with E-state index < -0.39 is 11.6 Å². The average Bonchev–Trinajstić information content (AvgIpc) is 3.18. The van der Waals surface area contributed by atoms with E-state index in [9.17, 15) is 8.78 Å². The van der Waals surface area contributed by atoms with Crippen LogP contribution in [0.25, 0.3) is 10.9 Å². The predicted molar refractivity (Wildman–Crippen MR) is 86.9 cm³/mol. The highest BCUT2D eigenvalue weighted by Gasteiger charge is 2.24. The topological polar surface area (TPSA) is 58.9 Å². The second-order valence-electron chi connectivity index (χ2n) is 5.95. The van der Waals surface area contributed by atoms with E-state index in [1.54, 1.807) is 4.68 Å². The first-order chi connectivity index (χ1) is 11.6. The summed E-state index contributed by atoms with van der Waals surface area (Å²) in [7, 11) is 1.88. The first-order valence-electron chi connectivity index (χ1n) is 7.70. The largest absolute Gasteiger partial charge is 0.367 e. The molecule has 2 aromatic heterocycles. The molecule has 6 nitrogen and oxygen atoms in total. The summed E-state index contributed by atoms with van der Waals surface area (Å²) in [5.41, 5.74) is 1.45. The van der Waals surface area contributed by atoms with Gasteiger partial charge in [0.2, 0.25) is 0 Å². The standard InChI is InChI=1S/C16H16F2N6/c1-23-8-11(6-21-23)24-3-2-10(7-24)22-16-12-4-13(17)14(18)5-15(12)19-9-20-16/h4-6,8-10H,2-3,7H2,1H3,(H,19,20,22)/t10-/m0/s1. The highest BCUT2D eigenvalue weighted by molar-refractivity contribution is 5.89. The third kappa shape index (κ3) is 2.64. The molecule has 0 spiro atoms. The average molecular weight is 330 g/mol.